The largest absolute Gasteiger partial charge is 0.344 e. The molecule has 1 aromatic carbocycles. The molecule has 0 spiro atoms. The Kier molecular flexibility index (Phi) is 5.86. The molecule has 2 N–H and O–H groups in total. The van der Waals surface area contributed by atoms with E-state index in [0.29, 0.717) is 33.9 Å². The van der Waals surface area contributed by atoms with Gasteiger partial charge in [-0.1, -0.05) is 38.1 Å². The van der Waals surface area contributed by atoms with E-state index in [0.717, 1.165) is 25.7 Å². The fourth-order valence-corrected chi connectivity index (χ4v) is 3.94. The summed E-state index contributed by atoms with van der Waals surface area (Å²) < 4.78 is 20.9. The summed E-state index contributed by atoms with van der Waals surface area (Å²) in [6.07, 6.45) is 5.16. The molecule has 182 valence electrons. The number of nitrogens with one attached hydrogen (secondary N) is 2. The van der Waals surface area contributed by atoms with E-state index in [4.69, 9.17) is 4.52 Å². The summed E-state index contributed by atoms with van der Waals surface area (Å²) in [5.41, 5.74) is 2.07. The molecule has 35 heavy (non-hydrogen) atoms. The lowest BCUT2D eigenvalue weighted by Crippen LogP contribution is -2.24. The summed E-state index contributed by atoms with van der Waals surface area (Å²) >= 11 is 0. The van der Waals surface area contributed by atoms with Crippen LogP contribution in [0, 0.1) is 11.7 Å². The molecule has 9 heteroatoms. The molecule has 2 amide bonds. The lowest BCUT2D eigenvalue weighted by atomic mass is 9.95. The number of nitrogens with zero attached hydrogens (tertiary/aromatic N) is 3. The maximum atomic E-state index is 15.8. The van der Waals surface area contributed by atoms with E-state index >= 15 is 4.39 Å². The number of carbonyl (C=O) groups excluding carboxylic acids is 2. The number of amides is 2. The highest BCUT2D eigenvalue weighted by Crippen LogP contribution is 2.45. The molecule has 3 aromatic rings. The van der Waals surface area contributed by atoms with Crippen LogP contribution in [0.25, 0.3) is 11.1 Å². The number of hydrogen-bond acceptors (Lipinski definition) is 6. The molecular weight excluding hydrogens is 449 g/mol. The molecule has 0 aliphatic heterocycles. The minimum atomic E-state index is -0.496. The third kappa shape index (κ3) is 5.08. The normalized spacial score (nSPS) is 15.7. The van der Waals surface area contributed by atoms with Crippen molar-refractivity contribution in [3.63, 3.8) is 0 Å². The zero-order chi connectivity index (χ0) is 24.7. The molecule has 8 nitrogen and oxygen atoms in total. The van der Waals surface area contributed by atoms with Crippen molar-refractivity contribution in [1.29, 1.82) is 0 Å². The average molecular weight is 478 g/mol. The van der Waals surface area contributed by atoms with E-state index in [1.54, 1.807) is 24.4 Å². The van der Waals surface area contributed by atoms with Crippen molar-refractivity contribution in [3.8, 4) is 11.1 Å². The number of anilines is 1. The van der Waals surface area contributed by atoms with Crippen molar-refractivity contribution >= 4 is 17.6 Å². The van der Waals surface area contributed by atoms with Crippen molar-refractivity contribution in [2.75, 3.05) is 5.32 Å². The second kappa shape index (κ2) is 8.87. The topological polar surface area (TPSA) is 110 Å². The number of halogens is 1. The Labute approximate surface area is 202 Å². The molecule has 0 radical (unpaired) electrons. The molecule has 5 rings (SSSR count). The fraction of sp³-hybridized carbons (Fsp3) is 0.423. The van der Waals surface area contributed by atoms with Crippen LogP contribution < -0.4 is 10.6 Å². The van der Waals surface area contributed by atoms with Gasteiger partial charge in [0.15, 0.2) is 5.82 Å². The van der Waals surface area contributed by atoms with Gasteiger partial charge in [0.05, 0.1) is 0 Å². The monoisotopic (exact) mass is 477 g/mol. The smallest absolute Gasteiger partial charge is 0.315 e. The second-order valence-electron chi connectivity index (χ2n) is 10.3. The van der Waals surface area contributed by atoms with Gasteiger partial charge in [0.25, 0.3) is 0 Å². The molecule has 0 atom stereocenters. The molecule has 2 heterocycles. The Balaban J connectivity index is 1.35. The predicted molar refractivity (Wildman–Crippen MR) is 127 cm³/mol. The van der Waals surface area contributed by atoms with Crippen molar-refractivity contribution in [1.82, 2.24) is 20.4 Å². The lowest BCUT2D eigenvalue weighted by Gasteiger charge is -2.15. The minimum absolute atomic E-state index is 0.0456. The summed E-state index contributed by atoms with van der Waals surface area (Å²) in [6.45, 7) is 5.93. The van der Waals surface area contributed by atoms with Gasteiger partial charge in [-0.2, -0.15) is 4.98 Å². The second-order valence-corrected chi connectivity index (χ2v) is 10.3. The number of aromatic nitrogens is 3. The Bertz CT molecular complexity index is 1290. The zero-order valence-corrected chi connectivity index (χ0v) is 20.0. The van der Waals surface area contributed by atoms with Gasteiger partial charge in [0.1, 0.15) is 11.6 Å². The summed E-state index contributed by atoms with van der Waals surface area (Å²) in [5, 5.41) is 9.47. The maximum absolute atomic E-state index is 15.8. The SMILES string of the molecule is CC(C)(C)c1noc(C(=O)NCc2ccc(-c3ccnc(NC(=O)C4CC4)c3)c(F)c2C2CC2)n1. The van der Waals surface area contributed by atoms with E-state index in [9.17, 15) is 9.59 Å². The molecule has 0 saturated heterocycles. The van der Waals surface area contributed by atoms with Gasteiger partial charge in [-0.3, -0.25) is 9.59 Å². The van der Waals surface area contributed by atoms with Crippen molar-refractivity contribution in [2.24, 2.45) is 5.92 Å². The highest BCUT2D eigenvalue weighted by Gasteiger charge is 2.32. The van der Waals surface area contributed by atoms with Crippen molar-refractivity contribution < 1.29 is 18.5 Å². The van der Waals surface area contributed by atoms with E-state index in [-0.39, 0.29) is 41.4 Å². The molecule has 0 bridgehead atoms. The van der Waals surface area contributed by atoms with Crippen LogP contribution in [-0.2, 0) is 16.8 Å². The van der Waals surface area contributed by atoms with E-state index in [1.165, 1.54) is 0 Å². The van der Waals surface area contributed by atoms with Crippen molar-refractivity contribution in [2.45, 2.75) is 64.3 Å². The summed E-state index contributed by atoms with van der Waals surface area (Å²) in [5.74, 6) is 0.0727. The number of benzene rings is 1. The Hall–Kier alpha value is -3.62. The predicted octanol–water partition coefficient (Wildman–Crippen LogP) is 4.72. The lowest BCUT2D eigenvalue weighted by molar-refractivity contribution is -0.117. The van der Waals surface area contributed by atoms with Gasteiger partial charge in [0, 0.05) is 29.6 Å². The highest BCUT2D eigenvalue weighted by molar-refractivity contribution is 5.93. The molecule has 2 saturated carbocycles. The van der Waals surface area contributed by atoms with Crippen LogP contribution in [0.2, 0.25) is 0 Å². The third-order valence-electron chi connectivity index (χ3n) is 6.26. The number of rotatable bonds is 7. The van der Waals surface area contributed by atoms with Gasteiger partial charge in [-0.15, -0.1) is 0 Å². The first-order valence-corrected chi connectivity index (χ1v) is 11.9. The molecule has 2 aromatic heterocycles. The van der Waals surface area contributed by atoms with Gasteiger partial charge < -0.3 is 15.2 Å². The summed E-state index contributed by atoms with van der Waals surface area (Å²) in [7, 11) is 0. The van der Waals surface area contributed by atoms with Gasteiger partial charge in [-0.25, -0.2) is 9.37 Å². The fourth-order valence-electron chi connectivity index (χ4n) is 3.94. The highest BCUT2D eigenvalue weighted by atomic mass is 19.1. The summed E-state index contributed by atoms with van der Waals surface area (Å²) in [4.78, 5) is 33.0. The van der Waals surface area contributed by atoms with Crippen LogP contribution in [0.15, 0.2) is 35.0 Å². The van der Waals surface area contributed by atoms with E-state index in [1.807, 2.05) is 26.8 Å². The zero-order valence-electron chi connectivity index (χ0n) is 20.0. The number of hydrogen-bond donors (Lipinski definition) is 2. The van der Waals surface area contributed by atoms with Crippen LogP contribution in [0.5, 0.6) is 0 Å². The van der Waals surface area contributed by atoms with Crippen LogP contribution in [0.3, 0.4) is 0 Å². The molecule has 2 aliphatic carbocycles. The van der Waals surface area contributed by atoms with E-state index < -0.39 is 5.91 Å². The van der Waals surface area contributed by atoms with Gasteiger partial charge in [0.2, 0.25) is 5.91 Å². The first-order chi connectivity index (χ1) is 16.7. The summed E-state index contributed by atoms with van der Waals surface area (Å²) in [6, 6.07) is 6.96. The van der Waals surface area contributed by atoms with Crippen LogP contribution >= 0.6 is 0 Å². The molecule has 2 aliphatic rings. The number of carbonyl (C=O) groups is 2. The third-order valence-corrected chi connectivity index (χ3v) is 6.26. The Morgan fingerprint density at radius 1 is 1.14 bits per heavy atom. The van der Waals surface area contributed by atoms with Crippen molar-refractivity contribution in [3.05, 3.63) is 59.1 Å². The Morgan fingerprint density at radius 3 is 2.57 bits per heavy atom. The molecular formula is C26H28FN5O3. The van der Waals surface area contributed by atoms with Crippen LogP contribution in [-0.4, -0.2) is 26.9 Å². The standard InChI is InChI=1S/C26H28FN5O3/c1-26(2,3)25-31-24(35-32-25)23(34)29-13-17-8-9-18(21(27)20(17)14-4-5-14)16-10-11-28-19(12-16)30-22(33)15-6-7-15/h8-12,14-15H,4-7,13H2,1-3H3,(H,29,34)(H,28,30,33). The Morgan fingerprint density at radius 2 is 1.91 bits per heavy atom. The van der Waals surface area contributed by atoms with Crippen LogP contribution in [0.1, 0.15) is 80.0 Å². The quantitative estimate of drug-likeness (QED) is 0.509. The molecule has 0 unspecified atom stereocenters. The average Bonchev–Trinajstić information content (AvgIpc) is 3.75. The van der Waals surface area contributed by atoms with E-state index in [2.05, 4.69) is 25.8 Å². The first-order valence-electron chi connectivity index (χ1n) is 11.9. The maximum Gasteiger partial charge on any atom is 0.315 e. The molecule has 2 fully saturated rings. The minimum Gasteiger partial charge on any atom is -0.344 e. The van der Waals surface area contributed by atoms with Gasteiger partial charge >= 0.3 is 11.8 Å². The first kappa shape index (κ1) is 23.1. The van der Waals surface area contributed by atoms with Crippen LogP contribution in [0.4, 0.5) is 10.2 Å². The van der Waals surface area contributed by atoms with Gasteiger partial charge in [-0.05, 0) is 60.4 Å². The number of pyridine rings is 1.